The van der Waals surface area contributed by atoms with Gasteiger partial charge in [0.2, 0.25) is 0 Å². The van der Waals surface area contributed by atoms with Crippen LogP contribution < -0.4 is 15.4 Å². The molecule has 2 N–H and O–H groups in total. The molecule has 1 aromatic rings. The van der Waals surface area contributed by atoms with Crippen molar-refractivity contribution in [2.75, 3.05) is 26.2 Å². The number of aliphatic imine (C=N–C) groups is 1. The van der Waals surface area contributed by atoms with Gasteiger partial charge in [-0.3, -0.25) is 0 Å². The first kappa shape index (κ1) is 17.7. The quantitative estimate of drug-likeness (QED) is 0.366. The van der Waals surface area contributed by atoms with Crippen molar-refractivity contribution in [1.82, 2.24) is 10.6 Å². The van der Waals surface area contributed by atoms with E-state index in [4.69, 9.17) is 11.2 Å². The normalized spacial score (nSPS) is 11.7. The first-order chi connectivity index (χ1) is 10.5. The Bertz CT molecular complexity index is 518. The highest BCUT2D eigenvalue weighted by Crippen LogP contribution is 2.30. The summed E-state index contributed by atoms with van der Waals surface area (Å²) < 4.78 is 42.5. The van der Waals surface area contributed by atoms with E-state index >= 15 is 0 Å². The van der Waals surface area contributed by atoms with Gasteiger partial charge in [0.15, 0.2) is 5.96 Å². The van der Waals surface area contributed by atoms with Crippen molar-refractivity contribution >= 4 is 5.96 Å². The average Bonchev–Trinajstić information content (AvgIpc) is 2.48. The summed E-state index contributed by atoms with van der Waals surface area (Å²) in [5.41, 5.74) is -0.703. The van der Waals surface area contributed by atoms with Gasteiger partial charge in [-0.25, -0.2) is 4.99 Å². The van der Waals surface area contributed by atoms with E-state index in [0.717, 1.165) is 12.1 Å². The average molecular weight is 313 g/mol. The fraction of sp³-hybridized carbons (Fsp3) is 0.400. The molecular weight excluding hydrogens is 295 g/mol. The molecule has 22 heavy (non-hydrogen) atoms. The molecule has 7 heteroatoms. The van der Waals surface area contributed by atoms with Gasteiger partial charge in [-0.05, 0) is 31.2 Å². The first-order valence-electron chi connectivity index (χ1n) is 6.73. The fourth-order valence-corrected chi connectivity index (χ4v) is 1.54. The molecule has 0 heterocycles. The number of benzene rings is 1. The van der Waals surface area contributed by atoms with Crippen molar-refractivity contribution in [3.05, 3.63) is 29.8 Å². The lowest BCUT2D eigenvalue weighted by Crippen LogP contribution is -2.37. The van der Waals surface area contributed by atoms with Crippen LogP contribution in [0.2, 0.25) is 0 Å². The molecule has 1 aromatic carbocycles. The fourth-order valence-electron chi connectivity index (χ4n) is 1.54. The largest absolute Gasteiger partial charge is 0.492 e. The molecule has 0 atom stereocenters. The Labute approximate surface area is 127 Å². The topological polar surface area (TPSA) is 45.7 Å². The van der Waals surface area contributed by atoms with E-state index < -0.39 is 11.7 Å². The Morgan fingerprint density at radius 3 is 2.50 bits per heavy atom. The second-order valence-electron chi connectivity index (χ2n) is 4.19. The molecule has 0 aliphatic heterocycles. The van der Waals surface area contributed by atoms with Crippen molar-refractivity contribution in [1.29, 1.82) is 0 Å². The summed E-state index contributed by atoms with van der Waals surface area (Å²) in [5, 5.41) is 5.92. The van der Waals surface area contributed by atoms with E-state index in [1.54, 1.807) is 0 Å². The third-order valence-electron chi connectivity index (χ3n) is 2.51. The molecule has 0 radical (unpaired) electrons. The number of nitrogens with zero attached hydrogens (tertiary/aromatic N) is 1. The van der Waals surface area contributed by atoms with Crippen LogP contribution in [0.1, 0.15) is 12.5 Å². The van der Waals surface area contributed by atoms with E-state index in [1.165, 1.54) is 12.1 Å². The van der Waals surface area contributed by atoms with Crippen LogP contribution in [0.3, 0.4) is 0 Å². The molecule has 0 saturated carbocycles. The zero-order valence-electron chi connectivity index (χ0n) is 12.2. The van der Waals surface area contributed by atoms with Gasteiger partial charge >= 0.3 is 6.18 Å². The molecule has 0 unspecified atom stereocenters. The standard InChI is InChI=1S/C15H18F3N3O/c1-3-9-20-14(19-4-2)21-10-11-22-13-7-5-12(6-8-13)15(16,17)18/h1,5-8H,4,9-11H2,2H3,(H2,19,20,21). The SMILES string of the molecule is C#CCNC(=NCCOc1ccc(C(F)(F)F)cc1)NCC. The molecule has 1 rings (SSSR count). The van der Waals surface area contributed by atoms with Crippen LogP contribution in [0.5, 0.6) is 5.75 Å². The summed E-state index contributed by atoms with van der Waals surface area (Å²) in [7, 11) is 0. The number of terminal acetylenes is 1. The number of hydrogen-bond donors (Lipinski definition) is 2. The summed E-state index contributed by atoms with van der Waals surface area (Å²) in [6.07, 6.45) is 0.805. The third-order valence-corrected chi connectivity index (χ3v) is 2.51. The van der Waals surface area contributed by atoms with Crippen LogP contribution in [0.15, 0.2) is 29.3 Å². The zero-order chi connectivity index (χ0) is 16.4. The molecule has 0 bridgehead atoms. The minimum atomic E-state index is -4.34. The van der Waals surface area contributed by atoms with Crippen molar-refractivity contribution in [2.45, 2.75) is 13.1 Å². The summed E-state index contributed by atoms with van der Waals surface area (Å²) in [6.45, 7) is 3.56. The van der Waals surface area contributed by atoms with Crippen LogP contribution in [0.25, 0.3) is 0 Å². The number of rotatable bonds is 6. The molecule has 0 saturated heterocycles. The molecule has 0 aliphatic carbocycles. The third kappa shape index (κ3) is 6.39. The highest BCUT2D eigenvalue weighted by atomic mass is 19.4. The number of alkyl halides is 3. The lowest BCUT2D eigenvalue weighted by molar-refractivity contribution is -0.137. The lowest BCUT2D eigenvalue weighted by Gasteiger charge is -2.10. The van der Waals surface area contributed by atoms with E-state index in [-0.39, 0.29) is 6.61 Å². The lowest BCUT2D eigenvalue weighted by atomic mass is 10.2. The molecule has 0 aliphatic rings. The van der Waals surface area contributed by atoms with Crippen LogP contribution in [0, 0.1) is 12.3 Å². The predicted molar refractivity (Wildman–Crippen MR) is 79.8 cm³/mol. The maximum absolute atomic E-state index is 12.4. The van der Waals surface area contributed by atoms with Crippen molar-refractivity contribution in [3.63, 3.8) is 0 Å². The second kappa shape index (κ2) is 8.82. The number of hydrogen-bond acceptors (Lipinski definition) is 2. The summed E-state index contributed by atoms with van der Waals surface area (Å²) in [6, 6.07) is 4.54. The molecule has 0 spiro atoms. The van der Waals surface area contributed by atoms with E-state index in [9.17, 15) is 13.2 Å². The number of halogens is 3. The predicted octanol–water partition coefficient (Wildman–Crippen LogP) is 2.27. The van der Waals surface area contributed by atoms with Gasteiger partial charge in [0.05, 0.1) is 18.7 Å². The van der Waals surface area contributed by atoms with Gasteiger partial charge in [-0.15, -0.1) is 6.42 Å². The number of nitrogens with one attached hydrogen (secondary N) is 2. The van der Waals surface area contributed by atoms with Crippen molar-refractivity contribution in [3.8, 4) is 18.1 Å². The maximum Gasteiger partial charge on any atom is 0.416 e. The number of ether oxygens (including phenoxy) is 1. The zero-order valence-corrected chi connectivity index (χ0v) is 12.2. The maximum atomic E-state index is 12.4. The summed E-state index contributed by atoms with van der Waals surface area (Å²) in [5.74, 6) is 3.37. The van der Waals surface area contributed by atoms with E-state index in [2.05, 4.69) is 21.5 Å². The van der Waals surface area contributed by atoms with Crippen LogP contribution >= 0.6 is 0 Å². The first-order valence-corrected chi connectivity index (χ1v) is 6.73. The molecule has 120 valence electrons. The molecule has 0 amide bonds. The Morgan fingerprint density at radius 1 is 1.27 bits per heavy atom. The summed E-state index contributed by atoms with van der Waals surface area (Å²) in [4.78, 5) is 4.22. The highest BCUT2D eigenvalue weighted by molar-refractivity contribution is 5.79. The highest BCUT2D eigenvalue weighted by Gasteiger charge is 2.29. The van der Waals surface area contributed by atoms with Crippen molar-refractivity contribution in [2.24, 2.45) is 4.99 Å². The molecule has 0 aromatic heterocycles. The Hall–Kier alpha value is -2.36. The van der Waals surface area contributed by atoms with Crippen LogP contribution in [-0.4, -0.2) is 32.2 Å². The molecule has 0 fully saturated rings. The molecule has 4 nitrogen and oxygen atoms in total. The van der Waals surface area contributed by atoms with E-state index in [0.29, 0.717) is 31.3 Å². The van der Waals surface area contributed by atoms with Crippen LogP contribution in [-0.2, 0) is 6.18 Å². The van der Waals surface area contributed by atoms with Crippen molar-refractivity contribution < 1.29 is 17.9 Å². The summed E-state index contributed by atoms with van der Waals surface area (Å²) >= 11 is 0. The van der Waals surface area contributed by atoms with Gasteiger partial charge in [-0.2, -0.15) is 13.2 Å². The minimum Gasteiger partial charge on any atom is -0.492 e. The smallest absolute Gasteiger partial charge is 0.416 e. The second-order valence-corrected chi connectivity index (χ2v) is 4.19. The molecular formula is C15H18F3N3O. The Morgan fingerprint density at radius 2 is 1.95 bits per heavy atom. The monoisotopic (exact) mass is 313 g/mol. The van der Waals surface area contributed by atoms with Crippen LogP contribution in [0.4, 0.5) is 13.2 Å². The minimum absolute atomic E-state index is 0.248. The number of guanidine groups is 1. The van der Waals surface area contributed by atoms with Gasteiger partial charge < -0.3 is 15.4 Å². The van der Waals surface area contributed by atoms with Gasteiger partial charge in [-0.1, -0.05) is 5.92 Å². The Kier molecular flexibility index (Phi) is 7.09. The van der Waals surface area contributed by atoms with Gasteiger partial charge in [0.1, 0.15) is 12.4 Å². The van der Waals surface area contributed by atoms with E-state index in [1.807, 2.05) is 6.92 Å². The Balaban J connectivity index is 2.44. The van der Waals surface area contributed by atoms with Gasteiger partial charge in [0, 0.05) is 6.54 Å². The van der Waals surface area contributed by atoms with Gasteiger partial charge in [0.25, 0.3) is 0 Å².